The Bertz CT molecular complexity index is 500. The lowest BCUT2D eigenvalue weighted by atomic mass is 9.71. The lowest BCUT2D eigenvalue weighted by Gasteiger charge is -2.37. The summed E-state index contributed by atoms with van der Waals surface area (Å²) in [7, 11) is 0. The van der Waals surface area contributed by atoms with E-state index in [1.165, 1.54) is 12.8 Å². The molecule has 90 valence electrons. The van der Waals surface area contributed by atoms with Gasteiger partial charge in [0.1, 0.15) is 5.82 Å². The minimum Gasteiger partial charge on any atom is -0.340 e. The minimum atomic E-state index is -0.0166. The normalized spacial score (nSPS) is 29.6. The highest BCUT2D eigenvalue weighted by atomic mass is 15.0. The lowest BCUT2D eigenvalue weighted by molar-refractivity contribution is 0.260. The van der Waals surface area contributed by atoms with Crippen molar-refractivity contribution >= 4 is 11.0 Å². The van der Waals surface area contributed by atoms with Crippen molar-refractivity contribution in [2.24, 2.45) is 5.73 Å². The number of nitrogens with two attached hydrogens (primary N) is 1. The van der Waals surface area contributed by atoms with Crippen LogP contribution in [0.5, 0.6) is 0 Å². The molecule has 1 aliphatic carbocycles. The van der Waals surface area contributed by atoms with Crippen LogP contribution in [-0.2, 0) is 5.41 Å². The number of hydrogen-bond donors (Lipinski definition) is 2. The summed E-state index contributed by atoms with van der Waals surface area (Å²) in [5.74, 6) is 1.02. The first kappa shape index (κ1) is 10.7. The van der Waals surface area contributed by atoms with Crippen LogP contribution in [0.2, 0.25) is 0 Å². The third-order valence-corrected chi connectivity index (χ3v) is 4.10. The van der Waals surface area contributed by atoms with E-state index in [1.807, 2.05) is 12.3 Å². The van der Waals surface area contributed by atoms with Crippen molar-refractivity contribution in [1.29, 1.82) is 0 Å². The second-order valence-electron chi connectivity index (χ2n) is 5.25. The average Bonchev–Trinajstić information content (AvgIpc) is 2.77. The van der Waals surface area contributed by atoms with Gasteiger partial charge in [-0.3, -0.25) is 4.98 Å². The highest BCUT2D eigenvalue weighted by molar-refractivity contribution is 5.73. The number of fused-ring (bicyclic) bond motifs is 1. The standard InChI is InChI=1S/C13H18N4/c1-13(6-3-2-4-11(13)14)12-16-9-5-7-15-8-10(9)17-12/h5,7-8,11H,2-4,6,14H2,1H3,(H,16,17). The summed E-state index contributed by atoms with van der Waals surface area (Å²) >= 11 is 0. The number of nitrogens with zero attached hydrogens (tertiary/aromatic N) is 2. The summed E-state index contributed by atoms with van der Waals surface area (Å²) in [6, 6.07) is 2.14. The number of pyridine rings is 1. The molecule has 0 bridgehead atoms. The maximum atomic E-state index is 6.29. The van der Waals surface area contributed by atoms with E-state index in [0.717, 1.165) is 29.7 Å². The Morgan fingerprint density at radius 2 is 2.35 bits per heavy atom. The van der Waals surface area contributed by atoms with Crippen molar-refractivity contribution in [3.8, 4) is 0 Å². The Morgan fingerprint density at radius 3 is 3.12 bits per heavy atom. The quantitative estimate of drug-likeness (QED) is 0.788. The molecule has 0 saturated heterocycles. The van der Waals surface area contributed by atoms with E-state index in [9.17, 15) is 0 Å². The smallest absolute Gasteiger partial charge is 0.114 e. The maximum Gasteiger partial charge on any atom is 0.114 e. The summed E-state index contributed by atoms with van der Waals surface area (Å²) < 4.78 is 0. The number of aromatic nitrogens is 3. The van der Waals surface area contributed by atoms with Gasteiger partial charge in [-0.15, -0.1) is 0 Å². The largest absolute Gasteiger partial charge is 0.340 e. The molecule has 2 aromatic rings. The zero-order chi connectivity index (χ0) is 11.9. The highest BCUT2D eigenvalue weighted by Crippen LogP contribution is 2.37. The zero-order valence-corrected chi connectivity index (χ0v) is 10.1. The van der Waals surface area contributed by atoms with E-state index < -0.39 is 0 Å². The molecule has 3 N–H and O–H groups in total. The third kappa shape index (κ3) is 1.63. The van der Waals surface area contributed by atoms with Crippen molar-refractivity contribution in [2.75, 3.05) is 0 Å². The summed E-state index contributed by atoms with van der Waals surface area (Å²) in [4.78, 5) is 12.2. The molecular weight excluding hydrogens is 212 g/mol. The van der Waals surface area contributed by atoms with Crippen molar-refractivity contribution in [3.05, 3.63) is 24.3 Å². The molecule has 4 nitrogen and oxygen atoms in total. The number of imidazole rings is 1. The molecule has 2 heterocycles. The second-order valence-corrected chi connectivity index (χ2v) is 5.25. The molecule has 0 aromatic carbocycles. The number of rotatable bonds is 1. The second kappa shape index (κ2) is 3.81. The van der Waals surface area contributed by atoms with Crippen molar-refractivity contribution in [2.45, 2.75) is 44.1 Å². The summed E-state index contributed by atoms with van der Waals surface area (Å²) in [5, 5.41) is 0. The Balaban J connectivity index is 2.07. The van der Waals surface area contributed by atoms with Gasteiger partial charge in [-0.05, 0) is 18.9 Å². The third-order valence-electron chi connectivity index (χ3n) is 4.10. The molecule has 0 radical (unpaired) electrons. The van der Waals surface area contributed by atoms with Gasteiger partial charge in [0.15, 0.2) is 0 Å². The fraction of sp³-hybridized carbons (Fsp3) is 0.538. The van der Waals surface area contributed by atoms with Gasteiger partial charge < -0.3 is 10.7 Å². The summed E-state index contributed by atoms with van der Waals surface area (Å²) in [5.41, 5.74) is 8.26. The van der Waals surface area contributed by atoms with Crippen LogP contribution in [0, 0.1) is 0 Å². The van der Waals surface area contributed by atoms with Crippen LogP contribution in [0.4, 0.5) is 0 Å². The lowest BCUT2D eigenvalue weighted by Crippen LogP contribution is -2.46. The molecule has 1 saturated carbocycles. The predicted octanol–water partition coefficient (Wildman–Crippen LogP) is 2.12. The number of nitrogens with one attached hydrogen (secondary N) is 1. The van der Waals surface area contributed by atoms with Crippen LogP contribution in [0.15, 0.2) is 18.5 Å². The number of aromatic amines is 1. The molecule has 1 fully saturated rings. The van der Waals surface area contributed by atoms with Crippen LogP contribution in [-0.4, -0.2) is 21.0 Å². The van der Waals surface area contributed by atoms with Gasteiger partial charge >= 0.3 is 0 Å². The van der Waals surface area contributed by atoms with E-state index >= 15 is 0 Å². The highest BCUT2D eigenvalue weighted by Gasteiger charge is 2.38. The molecule has 0 spiro atoms. The number of hydrogen-bond acceptors (Lipinski definition) is 3. The van der Waals surface area contributed by atoms with Crippen LogP contribution in [0.1, 0.15) is 38.4 Å². The summed E-state index contributed by atoms with van der Waals surface area (Å²) in [6.07, 6.45) is 8.27. The molecule has 1 aliphatic rings. The predicted molar refractivity (Wildman–Crippen MR) is 67.7 cm³/mol. The molecular formula is C13H18N4. The minimum absolute atomic E-state index is 0.0166. The van der Waals surface area contributed by atoms with Crippen LogP contribution in [0.25, 0.3) is 11.0 Å². The van der Waals surface area contributed by atoms with Crippen molar-refractivity contribution < 1.29 is 0 Å². The van der Waals surface area contributed by atoms with Crippen LogP contribution >= 0.6 is 0 Å². The molecule has 4 heteroatoms. The Kier molecular flexibility index (Phi) is 2.40. The molecule has 2 unspecified atom stereocenters. The van der Waals surface area contributed by atoms with E-state index in [-0.39, 0.29) is 11.5 Å². The van der Waals surface area contributed by atoms with Crippen LogP contribution in [0.3, 0.4) is 0 Å². The van der Waals surface area contributed by atoms with Crippen molar-refractivity contribution in [1.82, 2.24) is 15.0 Å². The van der Waals surface area contributed by atoms with Crippen molar-refractivity contribution in [3.63, 3.8) is 0 Å². The fourth-order valence-corrected chi connectivity index (χ4v) is 2.78. The van der Waals surface area contributed by atoms with E-state index in [1.54, 1.807) is 6.20 Å². The molecule has 2 atom stereocenters. The molecule has 3 rings (SSSR count). The molecule has 2 aromatic heterocycles. The fourth-order valence-electron chi connectivity index (χ4n) is 2.78. The first-order chi connectivity index (χ1) is 8.20. The van der Waals surface area contributed by atoms with Gasteiger partial charge in [0, 0.05) is 17.7 Å². The van der Waals surface area contributed by atoms with E-state index in [0.29, 0.717) is 0 Å². The zero-order valence-electron chi connectivity index (χ0n) is 10.1. The first-order valence-corrected chi connectivity index (χ1v) is 6.26. The monoisotopic (exact) mass is 230 g/mol. The topological polar surface area (TPSA) is 67.6 Å². The van der Waals surface area contributed by atoms with Gasteiger partial charge in [0.2, 0.25) is 0 Å². The Morgan fingerprint density at radius 1 is 1.47 bits per heavy atom. The van der Waals surface area contributed by atoms with E-state index in [4.69, 9.17) is 5.73 Å². The average molecular weight is 230 g/mol. The van der Waals surface area contributed by atoms with E-state index in [2.05, 4.69) is 21.9 Å². The van der Waals surface area contributed by atoms with Gasteiger partial charge in [0.05, 0.1) is 17.2 Å². The Labute approximate surface area is 101 Å². The number of H-pyrrole nitrogens is 1. The van der Waals surface area contributed by atoms with Gasteiger partial charge in [0.25, 0.3) is 0 Å². The first-order valence-electron chi connectivity index (χ1n) is 6.26. The molecule has 0 amide bonds. The van der Waals surface area contributed by atoms with Gasteiger partial charge in [-0.2, -0.15) is 0 Å². The molecule has 17 heavy (non-hydrogen) atoms. The van der Waals surface area contributed by atoms with Crippen LogP contribution < -0.4 is 5.73 Å². The molecule has 0 aliphatic heterocycles. The SMILES string of the molecule is CC1(c2nc3ccncc3[nH]2)CCCCC1N. The van der Waals surface area contributed by atoms with Gasteiger partial charge in [-0.1, -0.05) is 19.8 Å². The van der Waals surface area contributed by atoms with Gasteiger partial charge in [-0.25, -0.2) is 4.98 Å². The maximum absolute atomic E-state index is 6.29. The Hall–Kier alpha value is -1.42. The summed E-state index contributed by atoms with van der Waals surface area (Å²) in [6.45, 7) is 2.22.